The van der Waals surface area contributed by atoms with Gasteiger partial charge >= 0.3 is 0 Å². The SMILES string of the molecule is CCN(CC)S(=O)(=O)c1cc(C)c(C)c(NC(=O)CN(C)S(C)(=O)=O)c1. The molecule has 0 saturated heterocycles. The molecular formula is C16H27N3O5S2. The number of anilines is 1. The largest absolute Gasteiger partial charge is 0.325 e. The van der Waals surface area contributed by atoms with Crippen molar-refractivity contribution < 1.29 is 21.6 Å². The number of hydrogen-bond acceptors (Lipinski definition) is 5. The van der Waals surface area contributed by atoms with Crippen LogP contribution in [0.3, 0.4) is 0 Å². The van der Waals surface area contributed by atoms with E-state index >= 15 is 0 Å². The van der Waals surface area contributed by atoms with Gasteiger partial charge in [-0.3, -0.25) is 4.79 Å². The van der Waals surface area contributed by atoms with Crippen LogP contribution >= 0.6 is 0 Å². The second-order valence-corrected chi connectivity index (χ2v) is 10.1. The summed E-state index contributed by atoms with van der Waals surface area (Å²) in [6.07, 6.45) is 1.01. The van der Waals surface area contributed by atoms with Gasteiger partial charge in [-0.05, 0) is 37.1 Å². The van der Waals surface area contributed by atoms with E-state index in [0.29, 0.717) is 24.3 Å². The molecule has 0 aliphatic carbocycles. The van der Waals surface area contributed by atoms with E-state index in [4.69, 9.17) is 0 Å². The molecule has 1 rings (SSSR count). The van der Waals surface area contributed by atoms with Crippen molar-refractivity contribution >= 4 is 31.6 Å². The van der Waals surface area contributed by atoms with Crippen LogP contribution in [0.25, 0.3) is 0 Å². The van der Waals surface area contributed by atoms with Gasteiger partial charge in [-0.2, -0.15) is 8.61 Å². The molecule has 0 atom stereocenters. The van der Waals surface area contributed by atoms with Gasteiger partial charge < -0.3 is 5.32 Å². The summed E-state index contributed by atoms with van der Waals surface area (Å²) in [6, 6.07) is 2.98. The summed E-state index contributed by atoms with van der Waals surface area (Å²) in [6.45, 7) is 7.36. The van der Waals surface area contributed by atoms with Crippen LogP contribution in [0.5, 0.6) is 0 Å². The Morgan fingerprint density at radius 3 is 2.08 bits per heavy atom. The second kappa shape index (κ2) is 8.47. The zero-order valence-corrected chi connectivity index (χ0v) is 17.7. The predicted molar refractivity (Wildman–Crippen MR) is 102 cm³/mol. The van der Waals surface area contributed by atoms with Crippen molar-refractivity contribution in [2.24, 2.45) is 0 Å². The van der Waals surface area contributed by atoms with Gasteiger partial charge in [0.2, 0.25) is 26.0 Å². The lowest BCUT2D eigenvalue weighted by Gasteiger charge is -2.21. The third kappa shape index (κ3) is 5.26. The number of nitrogens with one attached hydrogen (secondary N) is 1. The molecular weight excluding hydrogens is 378 g/mol. The Hall–Kier alpha value is -1.49. The summed E-state index contributed by atoms with van der Waals surface area (Å²) < 4.78 is 50.6. The van der Waals surface area contributed by atoms with Crippen LogP contribution < -0.4 is 5.32 Å². The molecule has 0 aliphatic rings. The lowest BCUT2D eigenvalue weighted by atomic mass is 10.1. The summed E-state index contributed by atoms with van der Waals surface area (Å²) in [5.74, 6) is -0.544. The summed E-state index contributed by atoms with van der Waals surface area (Å²) in [7, 11) is -5.86. The highest BCUT2D eigenvalue weighted by molar-refractivity contribution is 7.89. The third-order valence-electron chi connectivity index (χ3n) is 4.19. The zero-order valence-electron chi connectivity index (χ0n) is 16.0. The number of hydrogen-bond donors (Lipinski definition) is 1. The lowest BCUT2D eigenvalue weighted by Crippen LogP contribution is -2.34. The number of likely N-dealkylation sites (N-methyl/N-ethyl adjacent to an activating group) is 1. The van der Waals surface area contributed by atoms with Gasteiger partial charge in [-0.1, -0.05) is 13.8 Å². The molecule has 0 unspecified atom stereocenters. The standard InChI is InChI=1S/C16H27N3O5S2/c1-7-19(8-2)26(23,24)14-9-12(3)13(4)15(10-14)17-16(20)11-18(5)25(6,21)22/h9-10H,7-8,11H2,1-6H3,(H,17,20). The summed E-state index contributed by atoms with van der Waals surface area (Å²) >= 11 is 0. The Kier molecular flexibility index (Phi) is 7.34. The van der Waals surface area contributed by atoms with Crippen molar-refractivity contribution in [1.82, 2.24) is 8.61 Å². The van der Waals surface area contributed by atoms with E-state index in [1.54, 1.807) is 33.8 Å². The predicted octanol–water partition coefficient (Wildman–Crippen LogP) is 1.16. The maximum Gasteiger partial charge on any atom is 0.243 e. The Morgan fingerprint density at radius 2 is 1.62 bits per heavy atom. The van der Waals surface area contributed by atoms with Crippen LogP contribution in [-0.4, -0.2) is 64.3 Å². The molecule has 1 amide bonds. The number of benzene rings is 1. The smallest absolute Gasteiger partial charge is 0.243 e. The summed E-state index contributed by atoms with van der Waals surface area (Å²) in [5.41, 5.74) is 1.78. The molecule has 0 fully saturated rings. The first-order valence-electron chi connectivity index (χ1n) is 8.17. The molecule has 26 heavy (non-hydrogen) atoms. The topological polar surface area (TPSA) is 104 Å². The van der Waals surface area contributed by atoms with Gasteiger partial charge in [-0.15, -0.1) is 0 Å². The van der Waals surface area contributed by atoms with Crippen molar-refractivity contribution in [3.05, 3.63) is 23.3 Å². The molecule has 0 spiro atoms. The Morgan fingerprint density at radius 1 is 1.08 bits per heavy atom. The molecule has 0 heterocycles. The fraction of sp³-hybridized carbons (Fsp3) is 0.562. The number of nitrogens with zero attached hydrogens (tertiary/aromatic N) is 2. The van der Waals surface area contributed by atoms with E-state index in [2.05, 4.69) is 5.32 Å². The average molecular weight is 406 g/mol. The molecule has 0 aliphatic heterocycles. The van der Waals surface area contributed by atoms with E-state index in [-0.39, 0.29) is 11.4 Å². The Labute approximate surface area is 156 Å². The first-order valence-corrected chi connectivity index (χ1v) is 11.5. The molecule has 1 aromatic carbocycles. The van der Waals surface area contributed by atoms with E-state index in [0.717, 1.165) is 16.1 Å². The molecule has 8 nitrogen and oxygen atoms in total. The van der Waals surface area contributed by atoms with Crippen LogP contribution in [0.2, 0.25) is 0 Å². The van der Waals surface area contributed by atoms with E-state index in [1.807, 2.05) is 0 Å². The highest BCUT2D eigenvalue weighted by Gasteiger charge is 2.24. The monoisotopic (exact) mass is 405 g/mol. The van der Waals surface area contributed by atoms with Gasteiger partial charge in [-0.25, -0.2) is 16.8 Å². The fourth-order valence-electron chi connectivity index (χ4n) is 2.33. The molecule has 0 aromatic heterocycles. The number of rotatable bonds is 8. The second-order valence-electron chi connectivity index (χ2n) is 6.07. The number of amides is 1. The van der Waals surface area contributed by atoms with Crippen molar-refractivity contribution in [1.29, 1.82) is 0 Å². The first kappa shape index (κ1) is 22.6. The number of aryl methyl sites for hydroxylation is 1. The van der Waals surface area contributed by atoms with E-state index in [1.165, 1.54) is 17.4 Å². The highest BCUT2D eigenvalue weighted by Crippen LogP contribution is 2.26. The molecule has 0 bridgehead atoms. The minimum Gasteiger partial charge on any atom is -0.325 e. The average Bonchev–Trinajstić information content (AvgIpc) is 2.51. The van der Waals surface area contributed by atoms with Crippen molar-refractivity contribution in [2.75, 3.05) is 38.3 Å². The van der Waals surface area contributed by atoms with Crippen molar-refractivity contribution in [3.63, 3.8) is 0 Å². The highest BCUT2D eigenvalue weighted by atomic mass is 32.2. The number of sulfonamides is 2. The first-order chi connectivity index (χ1) is 11.8. The number of carbonyl (C=O) groups excluding carboxylic acids is 1. The molecule has 10 heteroatoms. The van der Waals surface area contributed by atoms with Crippen LogP contribution in [0.4, 0.5) is 5.69 Å². The maximum absolute atomic E-state index is 12.7. The van der Waals surface area contributed by atoms with Gasteiger partial charge in [0, 0.05) is 25.8 Å². The summed E-state index contributed by atoms with van der Waals surface area (Å²) in [4.78, 5) is 12.3. The van der Waals surface area contributed by atoms with Gasteiger partial charge in [0.15, 0.2) is 0 Å². The molecule has 1 aromatic rings. The van der Waals surface area contributed by atoms with Gasteiger partial charge in [0.05, 0.1) is 17.7 Å². The Balaban J connectivity index is 3.22. The van der Waals surface area contributed by atoms with E-state index < -0.39 is 26.0 Å². The van der Waals surface area contributed by atoms with Crippen LogP contribution in [0.15, 0.2) is 17.0 Å². The third-order valence-corrected chi connectivity index (χ3v) is 7.48. The van der Waals surface area contributed by atoms with Crippen molar-refractivity contribution in [3.8, 4) is 0 Å². The van der Waals surface area contributed by atoms with Gasteiger partial charge in [0.1, 0.15) is 0 Å². The van der Waals surface area contributed by atoms with Gasteiger partial charge in [0.25, 0.3) is 0 Å². The van der Waals surface area contributed by atoms with Crippen LogP contribution in [-0.2, 0) is 24.8 Å². The number of carbonyl (C=O) groups is 1. The fourth-order valence-corrected chi connectivity index (χ4v) is 4.25. The van der Waals surface area contributed by atoms with E-state index in [9.17, 15) is 21.6 Å². The molecule has 1 N–H and O–H groups in total. The summed E-state index contributed by atoms with van der Waals surface area (Å²) in [5, 5.41) is 2.61. The van der Waals surface area contributed by atoms with Crippen LogP contribution in [0, 0.1) is 13.8 Å². The minimum absolute atomic E-state index is 0.0936. The zero-order chi connectivity index (χ0) is 20.3. The molecule has 0 saturated carbocycles. The molecule has 148 valence electrons. The molecule has 0 radical (unpaired) electrons. The normalized spacial score (nSPS) is 12.6. The quantitative estimate of drug-likeness (QED) is 0.699. The van der Waals surface area contributed by atoms with Crippen LogP contribution in [0.1, 0.15) is 25.0 Å². The maximum atomic E-state index is 12.7. The van der Waals surface area contributed by atoms with Crippen molar-refractivity contribution in [2.45, 2.75) is 32.6 Å². The Bertz CT molecular complexity index is 875. The lowest BCUT2D eigenvalue weighted by molar-refractivity contribution is -0.116. The minimum atomic E-state index is -3.67.